The Balaban J connectivity index is 0.000000215. The zero-order valence-corrected chi connectivity index (χ0v) is 62.9. The summed E-state index contributed by atoms with van der Waals surface area (Å²) in [6, 6.07) is 31.0. The Morgan fingerprint density at radius 3 is 1.22 bits per heavy atom. The van der Waals surface area contributed by atoms with Crippen LogP contribution in [0, 0.1) is 20.8 Å². The fraction of sp³-hybridized carbons (Fsp3) is 0.383. The van der Waals surface area contributed by atoms with Crippen LogP contribution in [0.3, 0.4) is 0 Å². The monoisotopic (exact) mass is 1400 g/mol. The Labute approximate surface area is 602 Å². The molecule has 2 heterocycles. The lowest BCUT2D eigenvalue weighted by atomic mass is 9.98. The van der Waals surface area contributed by atoms with E-state index in [0.29, 0.717) is 69.8 Å². The topological polar surface area (TPSA) is 214 Å². The highest BCUT2D eigenvalue weighted by Gasteiger charge is 2.32. The number of nitrogens with one attached hydrogen (secondary N) is 1. The second-order valence-corrected chi connectivity index (χ2v) is 25.7. The number of amides is 1. The van der Waals surface area contributed by atoms with Crippen molar-refractivity contribution in [1.82, 2.24) is 20.0 Å². The molecule has 19 nitrogen and oxygen atoms in total. The molecular formula is C81H101ClN4O15. The Hall–Kier alpha value is -9.53. The molecule has 0 unspecified atom stereocenters. The van der Waals surface area contributed by atoms with Crippen LogP contribution in [-0.2, 0) is 20.8 Å². The number of carbonyl (C=O) groups excluding carboxylic acids is 2. The molecule has 6 aromatic rings. The van der Waals surface area contributed by atoms with Crippen LogP contribution in [0.15, 0.2) is 108 Å². The van der Waals surface area contributed by atoms with Gasteiger partial charge in [0.05, 0.1) is 83.3 Å². The van der Waals surface area contributed by atoms with E-state index >= 15 is 0 Å². The summed E-state index contributed by atoms with van der Waals surface area (Å²) in [6.07, 6.45) is 8.69. The van der Waals surface area contributed by atoms with Gasteiger partial charge >= 0.3 is 11.9 Å². The zero-order valence-electron chi connectivity index (χ0n) is 62.1. The van der Waals surface area contributed by atoms with Crippen molar-refractivity contribution in [3.63, 3.8) is 0 Å². The second-order valence-electron chi connectivity index (χ2n) is 25.7. The highest BCUT2D eigenvalue weighted by Crippen LogP contribution is 2.48. The van der Waals surface area contributed by atoms with E-state index < -0.39 is 11.9 Å². The van der Waals surface area contributed by atoms with Crippen molar-refractivity contribution in [2.24, 2.45) is 0 Å². The predicted molar refractivity (Wildman–Crippen MR) is 404 cm³/mol. The maximum absolute atomic E-state index is 13.3. The van der Waals surface area contributed by atoms with Gasteiger partial charge in [-0.15, -0.1) is 12.4 Å². The zero-order chi connectivity index (χ0) is 73.2. The first-order valence-electron chi connectivity index (χ1n) is 33.3. The van der Waals surface area contributed by atoms with E-state index in [2.05, 4.69) is 99.6 Å². The first-order valence-corrected chi connectivity index (χ1v) is 33.3. The summed E-state index contributed by atoms with van der Waals surface area (Å²) in [5.74, 6) is 3.53. The number of nitrogens with zero attached hydrogens (tertiary/aromatic N) is 3. The van der Waals surface area contributed by atoms with Crippen molar-refractivity contribution in [2.75, 3.05) is 118 Å². The largest absolute Gasteiger partial charge is 0.493 e. The van der Waals surface area contributed by atoms with Gasteiger partial charge in [-0.25, -0.2) is 0 Å². The highest BCUT2D eigenvalue weighted by molar-refractivity contribution is 6.09. The van der Waals surface area contributed by atoms with Gasteiger partial charge in [-0.05, 0) is 228 Å². The van der Waals surface area contributed by atoms with E-state index in [1.54, 1.807) is 54.8 Å². The molecule has 1 amide bonds. The molecule has 2 aliphatic heterocycles. The molecule has 0 saturated carbocycles. The molecule has 5 aliphatic rings. The molecule has 0 spiro atoms. The molecular weight excluding hydrogens is 1300 g/mol. The molecule has 11 rings (SSSR count). The molecule has 0 aromatic heterocycles. The van der Waals surface area contributed by atoms with Crippen LogP contribution in [0.1, 0.15) is 124 Å². The molecule has 542 valence electrons. The van der Waals surface area contributed by atoms with Crippen LogP contribution < -0.4 is 47.9 Å². The van der Waals surface area contributed by atoms with Crippen molar-refractivity contribution in [2.45, 2.75) is 92.2 Å². The van der Waals surface area contributed by atoms with Crippen LogP contribution in [0.5, 0.6) is 51.7 Å². The number of ether oxygens (including phenoxy) is 9. The normalized spacial score (nSPS) is 16.1. The standard InChI is InChI=1S/C29H36N2O4.C23H24O5.C13H14O2.C10H12O4.C6H14N2.ClH/c1-18-8-9-22-23(13-20-14-26(33-5)29(35-7)27(15-20)34-6)19(2)24(25(22)12-18)16-28(32)31-11-10-21(17-31)30(3)4;1-13-6-7-16-17(14(2)18(12-22(24)25)19(16)8-13)9-15-10-20(26-3)23(28-5)21(11-15)27-4;1-8-3-4-10-6-9(2)11(7-13(14)15)12(10)5-8;1-12-8-4-7(6-11)5-9(13-2)10(8)14-3;1-8(2)6-3-4-7-5-6;/h8-9,12-15,21H,10-11,16-17H2,1-7H3;6-11H,12H2,1-5H3,(H,24,25);3-5H,6-7H2,1-2H3,(H,14,15);4-6H,1-3H3;6-7H,3-5H2,1-2H3;1H/b23-13-;17-9-;;;;/t21-;;;;6-;/m1...1./s1. The van der Waals surface area contributed by atoms with Crippen LogP contribution in [-0.4, -0.2) is 179 Å². The number of hydrogen-bond donors (Lipinski definition) is 3. The summed E-state index contributed by atoms with van der Waals surface area (Å²) >= 11 is 0. The number of likely N-dealkylation sites (tertiary alicyclic amines) is 1. The summed E-state index contributed by atoms with van der Waals surface area (Å²) in [6.45, 7) is 16.2. The quantitative estimate of drug-likeness (QED) is 0.0606. The van der Waals surface area contributed by atoms with Gasteiger partial charge in [0, 0.05) is 37.3 Å². The van der Waals surface area contributed by atoms with Gasteiger partial charge in [-0.2, -0.15) is 0 Å². The van der Waals surface area contributed by atoms with Crippen LogP contribution in [0.4, 0.5) is 0 Å². The third-order valence-corrected chi connectivity index (χ3v) is 18.7. The third-order valence-electron chi connectivity index (χ3n) is 18.7. The first-order chi connectivity index (χ1) is 47.8. The number of aliphatic carboxylic acids is 2. The molecule has 2 atom stereocenters. The number of carboxylic acid groups (broad SMARTS) is 2. The average molecular weight is 1410 g/mol. The number of methoxy groups -OCH3 is 9. The number of allylic oxidation sites excluding steroid dienone is 5. The number of hydrogen-bond acceptors (Lipinski definition) is 16. The minimum absolute atomic E-state index is 0. The van der Waals surface area contributed by atoms with Gasteiger partial charge in [0.25, 0.3) is 0 Å². The van der Waals surface area contributed by atoms with Crippen LogP contribution in [0.2, 0.25) is 0 Å². The highest BCUT2D eigenvalue weighted by atomic mass is 35.5. The number of benzene rings is 6. The second kappa shape index (κ2) is 37.2. The summed E-state index contributed by atoms with van der Waals surface area (Å²) in [5.41, 5.74) is 20.9. The molecule has 2 fully saturated rings. The van der Waals surface area contributed by atoms with Crippen molar-refractivity contribution in [1.29, 1.82) is 0 Å². The number of halogens is 1. The minimum Gasteiger partial charge on any atom is -0.493 e. The van der Waals surface area contributed by atoms with E-state index in [1.165, 1.54) is 63.1 Å². The maximum atomic E-state index is 13.3. The maximum Gasteiger partial charge on any atom is 0.307 e. The van der Waals surface area contributed by atoms with E-state index in [0.717, 1.165) is 122 Å². The van der Waals surface area contributed by atoms with E-state index in [1.807, 2.05) is 81.1 Å². The van der Waals surface area contributed by atoms with Gasteiger partial charge in [0.1, 0.15) is 6.29 Å². The van der Waals surface area contributed by atoms with Crippen molar-refractivity contribution < 1.29 is 72.0 Å². The Kier molecular flexibility index (Phi) is 29.7. The average Bonchev–Trinajstić information content (AvgIpc) is 1.64. The van der Waals surface area contributed by atoms with E-state index in [9.17, 15) is 24.3 Å². The number of aryl methyl sites for hydroxylation is 3. The number of rotatable bonds is 20. The molecule has 101 heavy (non-hydrogen) atoms. The number of carboxylic acids is 2. The number of aldehydes is 1. The van der Waals surface area contributed by atoms with Gasteiger partial charge in [0.2, 0.25) is 23.2 Å². The SMILES string of the molecule is CC1=C(CC(=O)O)c2cc(C)ccc2C1.CN(C)[C@@H]1CCNC1.COc1cc(/C=C2/C(C)=C(CC(=O)N3CC[C@@H](N(C)C)C3)c3cc(C)ccc32)cc(OC)c1OC.COc1cc(/C=C2/C(C)=C(CC(=O)O)c3cc(C)ccc32)cc(OC)c1OC.COc1cc(C=O)cc(OC)c1OC.Cl. The van der Waals surface area contributed by atoms with Gasteiger partial charge in [-0.3, -0.25) is 19.2 Å². The molecule has 6 aromatic carbocycles. The molecule has 0 radical (unpaired) electrons. The summed E-state index contributed by atoms with van der Waals surface area (Å²) in [7, 11) is 22.5. The van der Waals surface area contributed by atoms with E-state index in [-0.39, 0.29) is 31.2 Å². The van der Waals surface area contributed by atoms with Crippen LogP contribution >= 0.6 is 12.4 Å². The fourth-order valence-electron chi connectivity index (χ4n) is 13.1. The van der Waals surface area contributed by atoms with Crippen molar-refractivity contribution in [3.05, 3.63) is 174 Å². The Bertz CT molecular complexity index is 4060. The van der Waals surface area contributed by atoms with Gasteiger partial charge in [-0.1, -0.05) is 76.9 Å². The number of likely N-dealkylation sites (N-methyl/N-ethyl adjacent to an activating group) is 2. The van der Waals surface area contributed by atoms with Crippen molar-refractivity contribution >= 4 is 76.6 Å². The number of fused-ring (bicyclic) bond motifs is 3. The first kappa shape index (κ1) is 80.4. The molecule has 2 saturated heterocycles. The molecule has 0 bridgehead atoms. The van der Waals surface area contributed by atoms with E-state index in [4.69, 9.17) is 47.7 Å². The fourth-order valence-corrected chi connectivity index (χ4v) is 13.1. The third kappa shape index (κ3) is 19.7. The molecule has 3 N–H and O–H groups in total. The van der Waals surface area contributed by atoms with Gasteiger partial charge in [0.15, 0.2) is 34.5 Å². The molecule has 20 heteroatoms. The molecule has 3 aliphatic carbocycles. The lowest BCUT2D eigenvalue weighted by Gasteiger charge is -2.21. The minimum atomic E-state index is -0.837. The summed E-state index contributed by atoms with van der Waals surface area (Å²) in [5, 5.41) is 21.5. The smallest absolute Gasteiger partial charge is 0.307 e. The number of carbonyl (C=O) groups is 4. The van der Waals surface area contributed by atoms with Crippen molar-refractivity contribution in [3.8, 4) is 51.7 Å². The van der Waals surface area contributed by atoms with Crippen LogP contribution in [0.25, 0.3) is 40.0 Å². The summed E-state index contributed by atoms with van der Waals surface area (Å²) < 4.78 is 48.1. The lowest BCUT2D eigenvalue weighted by Crippen LogP contribution is -2.34. The Morgan fingerprint density at radius 2 is 0.871 bits per heavy atom. The van der Waals surface area contributed by atoms with Gasteiger partial charge < -0.3 is 72.9 Å². The predicted octanol–water partition coefficient (Wildman–Crippen LogP) is 14.4. The Morgan fingerprint density at radius 1 is 0.485 bits per heavy atom. The lowest BCUT2D eigenvalue weighted by molar-refractivity contribution is -0.136. The summed E-state index contributed by atoms with van der Waals surface area (Å²) in [4.78, 5) is 52.6.